The van der Waals surface area contributed by atoms with Crippen LogP contribution < -0.4 is 5.73 Å². The molecule has 1 atom stereocenters. The van der Waals surface area contributed by atoms with Crippen molar-refractivity contribution in [1.29, 1.82) is 0 Å². The lowest BCUT2D eigenvalue weighted by molar-refractivity contribution is 0.393. The third-order valence-electron chi connectivity index (χ3n) is 3.32. The van der Waals surface area contributed by atoms with Gasteiger partial charge in [0.05, 0.1) is 0 Å². The van der Waals surface area contributed by atoms with Gasteiger partial charge in [0.1, 0.15) is 0 Å². The zero-order valence-corrected chi connectivity index (χ0v) is 10.8. The number of benzene rings is 1. The molecule has 0 aliphatic heterocycles. The second-order valence-corrected chi connectivity index (χ2v) is 6.06. The summed E-state index contributed by atoms with van der Waals surface area (Å²) in [6.45, 7) is 4.21. The molecule has 0 amide bonds. The lowest BCUT2D eigenvalue weighted by Gasteiger charge is -2.31. The molecule has 0 heterocycles. The number of hydrogen-bond acceptors (Lipinski definition) is 1. The quantitative estimate of drug-likeness (QED) is 0.830. The van der Waals surface area contributed by atoms with E-state index in [9.17, 15) is 0 Å². The largest absolute Gasteiger partial charge is 0.326 e. The molecule has 1 aromatic carbocycles. The Hall–Kier alpha value is -0.530. The lowest BCUT2D eigenvalue weighted by Crippen LogP contribution is -2.34. The molecule has 0 fully saturated rings. The first-order valence-corrected chi connectivity index (χ1v) is 6.41. The Bertz CT molecular complexity index is 379. The fourth-order valence-corrected chi connectivity index (χ4v) is 2.90. The van der Waals surface area contributed by atoms with Gasteiger partial charge in [-0.05, 0) is 68.7 Å². The van der Waals surface area contributed by atoms with Crippen LogP contribution in [0.5, 0.6) is 0 Å². The Kier molecular flexibility index (Phi) is 3.27. The minimum absolute atomic E-state index is 0.0956. The molecule has 2 heteroatoms. The standard InChI is InChI=1S/C14H20ClN/c1-14(2,16)9-11-5-3-4-10-6-7-12(15)8-13(10)11/h6-8,11H,3-5,9,16H2,1-2H3. The first kappa shape index (κ1) is 11.9. The molecule has 1 unspecified atom stereocenters. The maximum atomic E-state index is 6.13. The number of halogens is 1. The minimum atomic E-state index is -0.0956. The number of aryl methyl sites for hydroxylation is 1. The molecule has 1 aromatic rings. The molecular formula is C14H20ClN. The van der Waals surface area contributed by atoms with Crippen LogP contribution in [-0.2, 0) is 6.42 Å². The highest BCUT2D eigenvalue weighted by molar-refractivity contribution is 6.30. The third kappa shape index (κ3) is 2.78. The summed E-state index contributed by atoms with van der Waals surface area (Å²) in [5.41, 5.74) is 8.92. The van der Waals surface area contributed by atoms with Crippen LogP contribution in [0, 0.1) is 0 Å². The fraction of sp³-hybridized carbons (Fsp3) is 0.571. The van der Waals surface area contributed by atoms with Gasteiger partial charge in [-0.3, -0.25) is 0 Å². The zero-order chi connectivity index (χ0) is 11.8. The molecule has 0 saturated heterocycles. The summed E-state index contributed by atoms with van der Waals surface area (Å²) in [6.07, 6.45) is 4.75. The van der Waals surface area contributed by atoms with Gasteiger partial charge in [-0.1, -0.05) is 17.7 Å². The predicted octanol–water partition coefficient (Wildman–Crippen LogP) is 3.89. The number of hydrogen-bond donors (Lipinski definition) is 1. The van der Waals surface area contributed by atoms with Crippen molar-refractivity contribution in [2.75, 3.05) is 0 Å². The highest BCUT2D eigenvalue weighted by Gasteiger charge is 2.25. The molecule has 16 heavy (non-hydrogen) atoms. The van der Waals surface area contributed by atoms with E-state index in [1.807, 2.05) is 6.07 Å². The van der Waals surface area contributed by atoms with Gasteiger partial charge in [-0.2, -0.15) is 0 Å². The molecule has 1 nitrogen and oxygen atoms in total. The molecule has 88 valence electrons. The highest BCUT2D eigenvalue weighted by atomic mass is 35.5. The van der Waals surface area contributed by atoms with E-state index in [4.69, 9.17) is 17.3 Å². The van der Waals surface area contributed by atoms with Crippen LogP contribution in [-0.4, -0.2) is 5.54 Å². The average molecular weight is 238 g/mol. The van der Waals surface area contributed by atoms with Gasteiger partial charge < -0.3 is 5.73 Å². The first-order chi connectivity index (χ1) is 7.46. The zero-order valence-electron chi connectivity index (χ0n) is 10.1. The Morgan fingerprint density at radius 3 is 2.88 bits per heavy atom. The lowest BCUT2D eigenvalue weighted by atomic mass is 9.77. The summed E-state index contributed by atoms with van der Waals surface area (Å²) in [7, 11) is 0. The SMILES string of the molecule is CC(C)(N)CC1CCCc2ccc(Cl)cc21. The number of rotatable bonds is 2. The van der Waals surface area contributed by atoms with Crippen molar-refractivity contribution in [2.45, 2.75) is 51.0 Å². The fourth-order valence-electron chi connectivity index (χ4n) is 2.71. The summed E-state index contributed by atoms with van der Waals surface area (Å²) in [6, 6.07) is 6.30. The Balaban J connectivity index is 2.28. The second-order valence-electron chi connectivity index (χ2n) is 5.62. The summed E-state index contributed by atoms with van der Waals surface area (Å²) in [5.74, 6) is 0.586. The van der Waals surface area contributed by atoms with Crippen molar-refractivity contribution in [3.05, 3.63) is 34.3 Å². The van der Waals surface area contributed by atoms with Crippen molar-refractivity contribution < 1.29 is 0 Å². The Morgan fingerprint density at radius 1 is 1.44 bits per heavy atom. The van der Waals surface area contributed by atoms with Crippen molar-refractivity contribution in [3.8, 4) is 0 Å². The van der Waals surface area contributed by atoms with Crippen molar-refractivity contribution in [2.24, 2.45) is 5.73 Å². The van der Waals surface area contributed by atoms with Crippen LogP contribution in [0.4, 0.5) is 0 Å². The monoisotopic (exact) mass is 237 g/mol. The smallest absolute Gasteiger partial charge is 0.0409 e. The van der Waals surface area contributed by atoms with Gasteiger partial charge in [0.2, 0.25) is 0 Å². The maximum Gasteiger partial charge on any atom is 0.0409 e. The molecule has 0 saturated carbocycles. The molecule has 2 N–H and O–H groups in total. The van der Waals surface area contributed by atoms with E-state index in [-0.39, 0.29) is 5.54 Å². The topological polar surface area (TPSA) is 26.0 Å². The summed E-state index contributed by atoms with van der Waals surface area (Å²) in [5, 5.41) is 0.848. The van der Waals surface area contributed by atoms with E-state index in [0.29, 0.717) is 5.92 Å². The van der Waals surface area contributed by atoms with Gasteiger partial charge in [-0.25, -0.2) is 0 Å². The predicted molar refractivity (Wildman–Crippen MR) is 70.0 cm³/mol. The number of nitrogens with two attached hydrogens (primary N) is 1. The van der Waals surface area contributed by atoms with Gasteiger partial charge in [0, 0.05) is 10.6 Å². The van der Waals surface area contributed by atoms with Gasteiger partial charge in [0.25, 0.3) is 0 Å². The van der Waals surface area contributed by atoms with E-state index in [0.717, 1.165) is 11.4 Å². The molecule has 0 radical (unpaired) electrons. The summed E-state index contributed by atoms with van der Waals surface area (Å²) < 4.78 is 0. The van der Waals surface area contributed by atoms with Crippen LogP contribution >= 0.6 is 11.6 Å². The van der Waals surface area contributed by atoms with E-state index >= 15 is 0 Å². The highest BCUT2D eigenvalue weighted by Crippen LogP contribution is 2.37. The molecule has 1 aliphatic rings. The van der Waals surface area contributed by atoms with Crippen LogP contribution in [0.25, 0.3) is 0 Å². The average Bonchev–Trinajstić information content (AvgIpc) is 2.17. The molecule has 2 rings (SSSR count). The van der Waals surface area contributed by atoms with Crippen LogP contribution in [0.15, 0.2) is 18.2 Å². The van der Waals surface area contributed by atoms with E-state index in [1.165, 1.54) is 30.4 Å². The van der Waals surface area contributed by atoms with E-state index in [2.05, 4.69) is 26.0 Å². The van der Waals surface area contributed by atoms with Crippen molar-refractivity contribution in [3.63, 3.8) is 0 Å². The van der Waals surface area contributed by atoms with E-state index in [1.54, 1.807) is 0 Å². The van der Waals surface area contributed by atoms with E-state index < -0.39 is 0 Å². The minimum Gasteiger partial charge on any atom is -0.326 e. The molecule has 1 aliphatic carbocycles. The third-order valence-corrected chi connectivity index (χ3v) is 3.55. The Morgan fingerprint density at radius 2 is 2.19 bits per heavy atom. The van der Waals surface area contributed by atoms with Crippen LogP contribution in [0.3, 0.4) is 0 Å². The molecule has 0 aromatic heterocycles. The second kappa shape index (κ2) is 4.38. The summed E-state index contributed by atoms with van der Waals surface area (Å²) in [4.78, 5) is 0. The van der Waals surface area contributed by atoms with Crippen molar-refractivity contribution in [1.82, 2.24) is 0 Å². The Labute approximate surface area is 103 Å². The van der Waals surface area contributed by atoms with Crippen molar-refractivity contribution >= 4 is 11.6 Å². The van der Waals surface area contributed by atoms with Crippen LogP contribution in [0.1, 0.15) is 50.2 Å². The molecule has 0 bridgehead atoms. The molecule has 0 spiro atoms. The first-order valence-electron chi connectivity index (χ1n) is 6.03. The van der Waals surface area contributed by atoms with Gasteiger partial charge >= 0.3 is 0 Å². The number of fused-ring (bicyclic) bond motifs is 1. The van der Waals surface area contributed by atoms with Gasteiger partial charge in [0.15, 0.2) is 0 Å². The van der Waals surface area contributed by atoms with Crippen LogP contribution in [0.2, 0.25) is 5.02 Å². The maximum absolute atomic E-state index is 6.13. The normalized spacial score (nSPS) is 20.6. The summed E-state index contributed by atoms with van der Waals surface area (Å²) >= 11 is 6.08. The molecular weight excluding hydrogens is 218 g/mol. The van der Waals surface area contributed by atoms with Gasteiger partial charge in [-0.15, -0.1) is 0 Å².